The Labute approximate surface area is 108 Å². The Morgan fingerprint density at radius 1 is 0.889 bits per heavy atom. The van der Waals surface area contributed by atoms with Crippen molar-refractivity contribution in [3.05, 3.63) is 35.9 Å². The van der Waals surface area contributed by atoms with Gasteiger partial charge in [-0.15, -0.1) is 0 Å². The number of fused-ring (bicyclic) bond motifs is 2. The molecular formula is C15H21NO2. The first kappa shape index (κ1) is 12.2. The molecule has 0 unspecified atom stereocenters. The zero-order valence-corrected chi connectivity index (χ0v) is 10.6. The molecular weight excluding hydrogens is 226 g/mol. The van der Waals surface area contributed by atoms with Crippen molar-refractivity contribution in [2.24, 2.45) is 0 Å². The van der Waals surface area contributed by atoms with Gasteiger partial charge in [0.05, 0.1) is 12.2 Å². The van der Waals surface area contributed by atoms with Gasteiger partial charge in [-0.3, -0.25) is 4.90 Å². The second-order valence-electron chi connectivity index (χ2n) is 5.58. The van der Waals surface area contributed by atoms with Crippen LogP contribution in [0.25, 0.3) is 0 Å². The molecule has 0 amide bonds. The Hall–Kier alpha value is -0.900. The number of aliphatic hydroxyl groups is 2. The Morgan fingerprint density at radius 2 is 1.44 bits per heavy atom. The van der Waals surface area contributed by atoms with E-state index in [2.05, 4.69) is 17.0 Å². The molecule has 0 saturated carbocycles. The molecule has 2 heterocycles. The van der Waals surface area contributed by atoms with E-state index < -0.39 is 0 Å². The molecule has 18 heavy (non-hydrogen) atoms. The predicted molar refractivity (Wildman–Crippen MR) is 70.0 cm³/mol. The first-order valence-corrected chi connectivity index (χ1v) is 6.91. The van der Waals surface area contributed by atoms with Crippen molar-refractivity contribution < 1.29 is 10.2 Å². The van der Waals surface area contributed by atoms with E-state index in [1.54, 1.807) is 0 Å². The van der Waals surface area contributed by atoms with E-state index in [1.807, 2.05) is 18.2 Å². The molecule has 2 fully saturated rings. The zero-order chi connectivity index (χ0) is 12.5. The van der Waals surface area contributed by atoms with Crippen molar-refractivity contribution in [2.45, 2.75) is 56.5 Å². The minimum absolute atomic E-state index is 0.229. The third-order valence-electron chi connectivity index (χ3n) is 4.46. The summed E-state index contributed by atoms with van der Waals surface area (Å²) in [5.74, 6) is 0. The summed E-state index contributed by atoms with van der Waals surface area (Å²) in [6.45, 7) is 0.838. The lowest BCUT2D eigenvalue weighted by Gasteiger charge is -2.31. The fourth-order valence-electron chi connectivity index (χ4n) is 3.50. The predicted octanol–water partition coefficient (Wildman–Crippen LogP) is 1.54. The molecule has 1 aromatic carbocycles. The smallest absolute Gasteiger partial charge is 0.0696 e. The van der Waals surface area contributed by atoms with Gasteiger partial charge in [-0.05, 0) is 31.2 Å². The van der Waals surface area contributed by atoms with E-state index >= 15 is 0 Å². The molecule has 3 rings (SSSR count). The normalized spacial score (nSPS) is 36.6. The van der Waals surface area contributed by atoms with E-state index in [0.29, 0.717) is 0 Å². The third-order valence-corrected chi connectivity index (χ3v) is 4.46. The van der Waals surface area contributed by atoms with Crippen LogP contribution >= 0.6 is 0 Å². The summed E-state index contributed by atoms with van der Waals surface area (Å²) in [6.07, 6.45) is 2.92. The monoisotopic (exact) mass is 247 g/mol. The van der Waals surface area contributed by atoms with Crippen LogP contribution in [0.5, 0.6) is 0 Å². The van der Waals surface area contributed by atoms with Crippen molar-refractivity contribution in [1.82, 2.24) is 4.90 Å². The van der Waals surface area contributed by atoms with Gasteiger partial charge in [-0.2, -0.15) is 0 Å². The molecule has 2 N–H and O–H groups in total. The number of benzene rings is 1. The van der Waals surface area contributed by atoms with Crippen LogP contribution < -0.4 is 0 Å². The highest BCUT2D eigenvalue weighted by Crippen LogP contribution is 2.35. The fourth-order valence-corrected chi connectivity index (χ4v) is 3.50. The van der Waals surface area contributed by atoms with Crippen LogP contribution in [0.15, 0.2) is 30.3 Å². The van der Waals surface area contributed by atoms with E-state index in [4.69, 9.17) is 0 Å². The molecule has 2 aliphatic heterocycles. The topological polar surface area (TPSA) is 43.7 Å². The van der Waals surface area contributed by atoms with E-state index in [-0.39, 0.29) is 24.3 Å². The van der Waals surface area contributed by atoms with E-state index in [9.17, 15) is 10.2 Å². The van der Waals surface area contributed by atoms with Gasteiger partial charge < -0.3 is 10.2 Å². The number of rotatable bonds is 2. The van der Waals surface area contributed by atoms with Crippen LogP contribution in [0.4, 0.5) is 0 Å². The lowest BCUT2D eigenvalue weighted by atomic mass is 9.97. The molecule has 4 atom stereocenters. The molecule has 3 heteroatoms. The maximum absolute atomic E-state index is 10.2. The zero-order valence-electron chi connectivity index (χ0n) is 10.6. The Bertz CT molecular complexity index is 377. The van der Waals surface area contributed by atoms with Crippen molar-refractivity contribution in [1.29, 1.82) is 0 Å². The molecule has 98 valence electrons. The van der Waals surface area contributed by atoms with Crippen molar-refractivity contribution >= 4 is 0 Å². The van der Waals surface area contributed by atoms with Gasteiger partial charge in [0.2, 0.25) is 0 Å². The molecule has 0 spiro atoms. The van der Waals surface area contributed by atoms with Gasteiger partial charge in [-0.1, -0.05) is 30.3 Å². The summed E-state index contributed by atoms with van der Waals surface area (Å²) in [4.78, 5) is 2.32. The van der Waals surface area contributed by atoms with Crippen molar-refractivity contribution in [3.8, 4) is 0 Å². The Kier molecular flexibility index (Phi) is 3.37. The van der Waals surface area contributed by atoms with Gasteiger partial charge in [0.1, 0.15) is 0 Å². The number of hydrogen-bond acceptors (Lipinski definition) is 3. The molecule has 0 aromatic heterocycles. The minimum Gasteiger partial charge on any atom is -0.391 e. The average Bonchev–Trinajstić information content (AvgIpc) is 2.75. The summed E-state index contributed by atoms with van der Waals surface area (Å²) in [7, 11) is 0. The number of nitrogens with zero attached hydrogens (tertiary/aromatic N) is 1. The number of aliphatic hydroxyl groups excluding tert-OH is 2. The molecule has 0 aliphatic carbocycles. The Morgan fingerprint density at radius 3 is 2.00 bits per heavy atom. The summed E-state index contributed by atoms with van der Waals surface area (Å²) in [5.41, 5.74) is 1.26. The maximum Gasteiger partial charge on any atom is 0.0696 e. The second-order valence-corrected chi connectivity index (χ2v) is 5.58. The van der Waals surface area contributed by atoms with Crippen molar-refractivity contribution in [3.63, 3.8) is 0 Å². The van der Waals surface area contributed by atoms with Gasteiger partial charge in [0.25, 0.3) is 0 Å². The summed E-state index contributed by atoms with van der Waals surface area (Å²) < 4.78 is 0. The van der Waals surface area contributed by atoms with Crippen LogP contribution in [-0.2, 0) is 6.54 Å². The SMILES string of the molecule is O[C@H]1CC[C@H](O)[C@@H]2CC[C@H]1N2Cc1ccccc1. The summed E-state index contributed by atoms with van der Waals surface area (Å²) >= 11 is 0. The average molecular weight is 247 g/mol. The Balaban J connectivity index is 1.81. The van der Waals surface area contributed by atoms with E-state index in [1.165, 1.54) is 5.56 Å². The standard InChI is InChI=1S/C15H21NO2/c17-14-8-9-15(18)13-7-6-12(14)16(13)10-11-4-2-1-3-5-11/h1-5,12-15,17-18H,6-10H2/t12-,13+,14-,15-/m0/s1. The molecule has 1 aromatic rings. The molecule has 2 saturated heterocycles. The fraction of sp³-hybridized carbons (Fsp3) is 0.600. The first-order chi connectivity index (χ1) is 8.75. The minimum atomic E-state index is -0.282. The second kappa shape index (κ2) is 5.00. The molecule has 2 aliphatic rings. The van der Waals surface area contributed by atoms with Crippen molar-refractivity contribution in [2.75, 3.05) is 0 Å². The molecule has 2 bridgehead atoms. The summed E-state index contributed by atoms with van der Waals surface area (Å²) in [5, 5.41) is 20.4. The van der Waals surface area contributed by atoms with E-state index in [0.717, 1.165) is 32.2 Å². The third kappa shape index (κ3) is 2.18. The number of hydrogen-bond donors (Lipinski definition) is 2. The quantitative estimate of drug-likeness (QED) is 0.833. The maximum atomic E-state index is 10.2. The van der Waals surface area contributed by atoms with Crippen LogP contribution in [-0.4, -0.2) is 39.4 Å². The highest BCUT2D eigenvalue weighted by Gasteiger charge is 2.43. The molecule has 3 nitrogen and oxygen atoms in total. The van der Waals surface area contributed by atoms with Gasteiger partial charge >= 0.3 is 0 Å². The van der Waals surface area contributed by atoms with Crippen LogP contribution in [0.1, 0.15) is 31.2 Å². The lowest BCUT2D eigenvalue weighted by molar-refractivity contribution is 0.0427. The molecule has 0 radical (unpaired) electrons. The van der Waals surface area contributed by atoms with Crippen LogP contribution in [0, 0.1) is 0 Å². The van der Waals surface area contributed by atoms with Gasteiger partial charge in [0.15, 0.2) is 0 Å². The lowest BCUT2D eigenvalue weighted by Crippen LogP contribution is -2.43. The largest absolute Gasteiger partial charge is 0.391 e. The first-order valence-electron chi connectivity index (χ1n) is 6.91. The summed E-state index contributed by atoms with van der Waals surface area (Å²) in [6, 6.07) is 10.8. The van der Waals surface area contributed by atoms with Gasteiger partial charge in [-0.25, -0.2) is 0 Å². The van der Waals surface area contributed by atoms with Crippen LogP contribution in [0.2, 0.25) is 0 Å². The van der Waals surface area contributed by atoms with Crippen LogP contribution in [0.3, 0.4) is 0 Å². The highest BCUT2D eigenvalue weighted by atomic mass is 16.3. The highest BCUT2D eigenvalue weighted by molar-refractivity contribution is 5.15. The van der Waals surface area contributed by atoms with Gasteiger partial charge in [0, 0.05) is 18.6 Å².